The second kappa shape index (κ2) is 7.19. The van der Waals surface area contributed by atoms with Crippen LogP contribution in [-0.2, 0) is 19.4 Å². The minimum Gasteiger partial charge on any atom is -0.324 e. The largest absolute Gasteiger partial charge is 0.324 e. The van der Waals surface area contributed by atoms with Crippen LogP contribution in [0.25, 0.3) is 0 Å². The molecule has 4 heteroatoms. The third-order valence-electron chi connectivity index (χ3n) is 3.05. The zero-order chi connectivity index (χ0) is 13.7. The first-order chi connectivity index (χ1) is 8.51. The molecule has 104 valence electrons. The zero-order valence-electron chi connectivity index (χ0n) is 12.4. The third kappa shape index (κ3) is 3.75. The standard InChI is InChI=1S/C14H27N3S/c1-6-12-14(11(5)15)13(7-2)17(16-12)8-9-18-10(3)4/h10-11H,6-9,15H2,1-5H3. The molecule has 18 heavy (non-hydrogen) atoms. The number of rotatable bonds is 7. The molecular weight excluding hydrogens is 242 g/mol. The quantitative estimate of drug-likeness (QED) is 0.827. The topological polar surface area (TPSA) is 43.8 Å². The molecule has 1 aromatic rings. The average Bonchev–Trinajstić information content (AvgIpc) is 2.66. The van der Waals surface area contributed by atoms with E-state index in [2.05, 4.69) is 39.3 Å². The number of hydrogen-bond acceptors (Lipinski definition) is 3. The lowest BCUT2D eigenvalue weighted by Gasteiger charge is -2.11. The second-order valence-corrected chi connectivity index (χ2v) is 6.63. The Kier molecular flexibility index (Phi) is 6.22. The molecule has 1 rings (SSSR count). The van der Waals surface area contributed by atoms with E-state index in [-0.39, 0.29) is 6.04 Å². The van der Waals surface area contributed by atoms with Crippen LogP contribution in [0, 0.1) is 0 Å². The van der Waals surface area contributed by atoms with E-state index in [9.17, 15) is 0 Å². The number of thioether (sulfide) groups is 1. The lowest BCUT2D eigenvalue weighted by molar-refractivity contribution is 0.620. The predicted octanol–water partition coefficient (Wildman–Crippen LogP) is 3.17. The molecule has 1 atom stereocenters. The normalized spacial score (nSPS) is 13.3. The Hall–Kier alpha value is -0.480. The van der Waals surface area contributed by atoms with Gasteiger partial charge in [-0.15, -0.1) is 0 Å². The van der Waals surface area contributed by atoms with Crippen LogP contribution >= 0.6 is 11.8 Å². The Morgan fingerprint density at radius 1 is 1.22 bits per heavy atom. The van der Waals surface area contributed by atoms with E-state index in [0.717, 1.165) is 25.1 Å². The van der Waals surface area contributed by atoms with Crippen molar-refractivity contribution in [3.63, 3.8) is 0 Å². The lowest BCUT2D eigenvalue weighted by atomic mass is 10.0. The molecule has 0 saturated heterocycles. The van der Waals surface area contributed by atoms with Crippen molar-refractivity contribution >= 4 is 11.8 Å². The first-order valence-electron chi connectivity index (χ1n) is 6.96. The summed E-state index contributed by atoms with van der Waals surface area (Å²) in [4.78, 5) is 0. The highest BCUT2D eigenvalue weighted by molar-refractivity contribution is 7.99. The molecule has 0 aromatic carbocycles. The summed E-state index contributed by atoms with van der Waals surface area (Å²) in [7, 11) is 0. The number of aromatic nitrogens is 2. The average molecular weight is 269 g/mol. The van der Waals surface area contributed by atoms with Crippen molar-refractivity contribution in [1.29, 1.82) is 0 Å². The second-order valence-electron chi connectivity index (χ2n) is 4.95. The van der Waals surface area contributed by atoms with Crippen LogP contribution in [0.3, 0.4) is 0 Å². The van der Waals surface area contributed by atoms with E-state index >= 15 is 0 Å². The molecule has 0 aliphatic heterocycles. The summed E-state index contributed by atoms with van der Waals surface area (Å²) >= 11 is 1.98. The van der Waals surface area contributed by atoms with Crippen molar-refractivity contribution < 1.29 is 0 Å². The van der Waals surface area contributed by atoms with Gasteiger partial charge in [0, 0.05) is 23.1 Å². The van der Waals surface area contributed by atoms with Gasteiger partial charge >= 0.3 is 0 Å². The summed E-state index contributed by atoms with van der Waals surface area (Å²) < 4.78 is 2.17. The molecule has 2 N–H and O–H groups in total. The van der Waals surface area contributed by atoms with Crippen LogP contribution in [0.5, 0.6) is 0 Å². The number of nitrogens with two attached hydrogens (primary N) is 1. The summed E-state index contributed by atoms with van der Waals surface area (Å²) in [5.74, 6) is 1.12. The van der Waals surface area contributed by atoms with Crippen molar-refractivity contribution in [2.24, 2.45) is 5.73 Å². The van der Waals surface area contributed by atoms with E-state index in [1.807, 2.05) is 11.8 Å². The van der Waals surface area contributed by atoms with E-state index in [4.69, 9.17) is 10.8 Å². The van der Waals surface area contributed by atoms with Gasteiger partial charge in [0.05, 0.1) is 12.2 Å². The van der Waals surface area contributed by atoms with Crippen LogP contribution in [0.1, 0.15) is 57.6 Å². The highest BCUT2D eigenvalue weighted by atomic mass is 32.2. The monoisotopic (exact) mass is 269 g/mol. The number of aryl methyl sites for hydroxylation is 2. The summed E-state index contributed by atoms with van der Waals surface area (Å²) in [6.45, 7) is 11.9. The van der Waals surface area contributed by atoms with Crippen molar-refractivity contribution in [3.05, 3.63) is 17.0 Å². The Bertz CT molecular complexity index is 369. The molecule has 3 nitrogen and oxygen atoms in total. The van der Waals surface area contributed by atoms with Crippen molar-refractivity contribution in [1.82, 2.24) is 9.78 Å². The van der Waals surface area contributed by atoms with Gasteiger partial charge in [-0.2, -0.15) is 16.9 Å². The fourth-order valence-electron chi connectivity index (χ4n) is 2.29. The van der Waals surface area contributed by atoms with Crippen LogP contribution in [0.2, 0.25) is 0 Å². The van der Waals surface area contributed by atoms with E-state index < -0.39 is 0 Å². The zero-order valence-corrected chi connectivity index (χ0v) is 13.2. The van der Waals surface area contributed by atoms with Crippen LogP contribution in [0.4, 0.5) is 0 Å². The molecule has 0 amide bonds. The van der Waals surface area contributed by atoms with Gasteiger partial charge in [0.1, 0.15) is 0 Å². The van der Waals surface area contributed by atoms with Gasteiger partial charge < -0.3 is 5.73 Å². The van der Waals surface area contributed by atoms with Gasteiger partial charge in [-0.1, -0.05) is 27.7 Å². The van der Waals surface area contributed by atoms with E-state index in [1.165, 1.54) is 17.0 Å². The Balaban J connectivity index is 2.90. The molecule has 1 heterocycles. The Morgan fingerprint density at radius 3 is 2.33 bits per heavy atom. The van der Waals surface area contributed by atoms with E-state index in [1.54, 1.807) is 0 Å². The SMILES string of the molecule is CCc1nn(CCSC(C)C)c(CC)c1C(C)N. The van der Waals surface area contributed by atoms with E-state index in [0.29, 0.717) is 5.25 Å². The third-order valence-corrected chi connectivity index (χ3v) is 4.14. The maximum atomic E-state index is 6.10. The molecule has 0 fully saturated rings. The molecule has 0 saturated carbocycles. The molecule has 0 aliphatic rings. The summed E-state index contributed by atoms with van der Waals surface area (Å²) in [6.07, 6.45) is 1.98. The van der Waals surface area contributed by atoms with Gasteiger partial charge in [-0.25, -0.2) is 0 Å². The van der Waals surface area contributed by atoms with Crippen molar-refractivity contribution in [3.8, 4) is 0 Å². The molecule has 0 bridgehead atoms. The van der Waals surface area contributed by atoms with Crippen molar-refractivity contribution in [2.75, 3.05) is 5.75 Å². The lowest BCUT2D eigenvalue weighted by Crippen LogP contribution is -2.12. The number of hydrogen-bond donors (Lipinski definition) is 1. The Morgan fingerprint density at radius 2 is 1.89 bits per heavy atom. The van der Waals surface area contributed by atoms with Gasteiger partial charge in [-0.3, -0.25) is 4.68 Å². The fourth-order valence-corrected chi connectivity index (χ4v) is 3.03. The molecular formula is C14H27N3S. The minimum absolute atomic E-state index is 0.0846. The maximum Gasteiger partial charge on any atom is 0.0672 e. The molecule has 1 unspecified atom stereocenters. The maximum absolute atomic E-state index is 6.10. The highest BCUT2D eigenvalue weighted by Crippen LogP contribution is 2.22. The summed E-state index contributed by atoms with van der Waals surface area (Å²) in [5.41, 5.74) is 9.87. The van der Waals surface area contributed by atoms with Gasteiger partial charge in [-0.05, 0) is 25.0 Å². The fraction of sp³-hybridized carbons (Fsp3) is 0.786. The van der Waals surface area contributed by atoms with Crippen LogP contribution in [-0.4, -0.2) is 20.8 Å². The highest BCUT2D eigenvalue weighted by Gasteiger charge is 2.18. The van der Waals surface area contributed by atoms with Gasteiger partial charge in [0.25, 0.3) is 0 Å². The molecule has 1 aromatic heterocycles. The van der Waals surface area contributed by atoms with Gasteiger partial charge in [0.2, 0.25) is 0 Å². The van der Waals surface area contributed by atoms with Gasteiger partial charge in [0.15, 0.2) is 0 Å². The smallest absolute Gasteiger partial charge is 0.0672 e. The predicted molar refractivity (Wildman–Crippen MR) is 81.2 cm³/mol. The van der Waals surface area contributed by atoms with Crippen LogP contribution < -0.4 is 5.73 Å². The molecule has 0 spiro atoms. The first kappa shape index (κ1) is 15.6. The number of nitrogens with zero attached hydrogens (tertiary/aromatic N) is 2. The van der Waals surface area contributed by atoms with Crippen LogP contribution in [0.15, 0.2) is 0 Å². The first-order valence-corrected chi connectivity index (χ1v) is 8.01. The summed E-state index contributed by atoms with van der Waals surface area (Å²) in [5, 5.41) is 5.43. The minimum atomic E-state index is 0.0846. The molecule has 0 radical (unpaired) electrons. The van der Waals surface area contributed by atoms with Crippen molar-refractivity contribution in [2.45, 2.75) is 65.3 Å². The molecule has 0 aliphatic carbocycles. The Labute approximate surface area is 116 Å². The summed E-state index contributed by atoms with van der Waals surface area (Å²) in [6, 6.07) is 0.0846.